The first-order chi connectivity index (χ1) is 11.6. The molecule has 0 bridgehead atoms. The number of piperidine rings is 1. The number of hydrogen-bond acceptors (Lipinski definition) is 3. The van der Waals surface area contributed by atoms with Crippen LogP contribution in [0.15, 0.2) is 24.3 Å². The molecular weight excluding hydrogens is 302 g/mol. The van der Waals surface area contributed by atoms with Crippen LogP contribution in [0.1, 0.15) is 48.5 Å². The van der Waals surface area contributed by atoms with E-state index in [2.05, 4.69) is 6.92 Å². The summed E-state index contributed by atoms with van der Waals surface area (Å²) < 4.78 is 0. The van der Waals surface area contributed by atoms with Gasteiger partial charge in [-0.2, -0.15) is 0 Å². The summed E-state index contributed by atoms with van der Waals surface area (Å²) in [5.41, 5.74) is 7.30. The van der Waals surface area contributed by atoms with E-state index in [0.29, 0.717) is 25.2 Å². The maximum atomic E-state index is 12.6. The van der Waals surface area contributed by atoms with Crippen molar-refractivity contribution in [2.45, 2.75) is 39.2 Å². The van der Waals surface area contributed by atoms with Gasteiger partial charge in [-0.15, -0.1) is 0 Å². The number of benzene rings is 1. The molecule has 0 aromatic heterocycles. The highest BCUT2D eigenvalue weighted by atomic mass is 16.2. The molecule has 0 aliphatic carbocycles. The highest BCUT2D eigenvalue weighted by Gasteiger charge is 2.29. The lowest BCUT2D eigenvalue weighted by Gasteiger charge is -2.33. The number of nitrogens with zero attached hydrogens (tertiary/aromatic N) is 2. The molecule has 0 atom stereocenters. The van der Waals surface area contributed by atoms with Gasteiger partial charge in [0.05, 0.1) is 0 Å². The van der Waals surface area contributed by atoms with Crippen LogP contribution in [0.25, 0.3) is 0 Å². The lowest BCUT2D eigenvalue weighted by Crippen LogP contribution is -2.43. The molecular formula is C19H29N3O2. The Morgan fingerprint density at radius 1 is 1.21 bits per heavy atom. The van der Waals surface area contributed by atoms with E-state index in [1.807, 2.05) is 41.1 Å². The van der Waals surface area contributed by atoms with Gasteiger partial charge in [0.2, 0.25) is 5.91 Å². The third kappa shape index (κ3) is 4.57. The standard InChI is InChI=1S/C19H29N3O2/c1-3-4-11-21(2)18(23)17-9-12-22(13-10-17)19(24)16-7-5-15(14-20)6-8-16/h5-8,17H,3-4,9-14,20H2,1-2H3. The summed E-state index contributed by atoms with van der Waals surface area (Å²) in [5.74, 6) is 0.321. The molecule has 0 radical (unpaired) electrons. The van der Waals surface area contributed by atoms with Crippen LogP contribution in [0.3, 0.4) is 0 Å². The van der Waals surface area contributed by atoms with Crippen molar-refractivity contribution < 1.29 is 9.59 Å². The minimum atomic E-state index is 0.0452. The molecule has 2 amide bonds. The van der Waals surface area contributed by atoms with Crippen molar-refractivity contribution in [3.63, 3.8) is 0 Å². The van der Waals surface area contributed by atoms with Crippen LogP contribution in [0, 0.1) is 5.92 Å². The number of carbonyl (C=O) groups excluding carboxylic acids is 2. The summed E-state index contributed by atoms with van der Waals surface area (Å²) in [6.45, 7) is 4.73. The first-order valence-electron chi connectivity index (χ1n) is 8.90. The molecule has 1 heterocycles. The average Bonchev–Trinajstić information content (AvgIpc) is 2.65. The molecule has 1 aromatic carbocycles. The van der Waals surface area contributed by atoms with Gasteiger partial charge in [-0.1, -0.05) is 25.5 Å². The number of hydrogen-bond donors (Lipinski definition) is 1. The van der Waals surface area contributed by atoms with E-state index in [9.17, 15) is 9.59 Å². The third-order valence-corrected chi connectivity index (χ3v) is 4.79. The minimum Gasteiger partial charge on any atom is -0.346 e. The van der Waals surface area contributed by atoms with E-state index in [-0.39, 0.29) is 17.7 Å². The zero-order chi connectivity index (χ0) is 17.5. The van der Waals surface area contributed by atoms with Gasteiger partial charge in [0.1, 0.15) is 0 Å². The second kappa shape index (κ2) is 8.83. The molecule has 0 saturated carbocycles. The number of unbranched alkanes of at least 4 members (excludes halogenated alkanes) is 1. The predicted octanol–water partition coefficient (Wildman–Crippen LogP) is 2.26. The molecule has 1 aliphatic rings. The fourth-order valence-corrected chi connectivity index (χ4v) is 3.11. The van der Waals surface area contributed by atoms with Crippen molar-refractivity contribution >= 4 is 11.8 Å². The molecule has 5 heteroatoms. The monoisotopic (exact) mass is 331 g/mol. The van der Waals surface area contributed by atoms with Gasteiger partial charge in [-0.25, -0.2) is 0 Å². The molecule has 24 heavy (non-hydrogen) atoms. The van der Waals surface area contributed by atoms with E-state index < -0.39 is 0 Å². The number of nitrogens with two attached hydrogens (primary N) is 1. The van der Waals surface area contributed by atoms with Crippen molar-refractivity contribution in [1.29, 1.82) is 0 Å². The van der Waals surface area contributed by atoms with E-state index in [1.54, 1.807) is 0 Å². The van der Waals surface area contributed by atoms with E-state index >= 15 is 0 Å². The summed E-state index contributed by atoms with van der Waals surface area (Å²) in [4.78, 5) is 28.7. The van der Waals surface area contributed by atoms with Crippen LogP contribution in [-0.4, -0.2) is 48.3 Å². The van der Waals surface area contributed by atoms with Gasteiger partial charge in [0.25, 0.3) is 5.91 Å². The normalized spacial score (nSPS) is 15.4. The molecule has 5 nitrogen and oxygen atoms in total. The van der Waals surface area contributed by atoms with Crippen LogP contribution in [0.4, 0.5) is 0 Å². The molecule has 132 valence electrons. The summed E-state index contributed by atoms with van der Waals surface area (Å²) in [5, 5.41) is 0. The Hall–Kier alpha value is -1.88. The SMILES string of the molecule is CCCCN(C)C(=O)C1CCN(C(=O)c2ccc(CN)cc2)CC1. The van der Waals surface area contributed by atoms with Gasteiger partial charge >= 0.3 is 0 Å². The summed E-state index contributed by atoms with van der Waals surface area (Å²) in [6.07, 6.45) is 3.63. The smallest absolute Gasteiger partial charge is 0.253 e. The predicted molar refractivity (Wildman–Crippen MR) is 95.5 cm³/mol. The highest BCUT2D eigenvalue weighted by molar-refractivity contribution is 5.94. The Balaban J connectivity index is 1.87. The first kappa shape index (κ1) is 18.5. The Morgan fingerprint density at radius 3 is 2.38 bits per heavy atom. The Labute approximate surface area is 144 Å². The van der Waals surface area contributed by atoms with Gasteiger partial charge in [-0.05, 0) is 37.0 Å². The molecule has 2 N–H and O–H groups in total. The summed E-state index contributed by atoms with van der Waals surface area (Å²) >= 11 is 0. The average molecular weight is 331 g/mol. The molecule has 1 fully saturated rings. The van der Waals surface area contributed by atoms with E-state index in [0.717, 1.165) is 37.8 Å². The Kier molecular flexibility index (Phi) is 6.79. The van der Waals surface area contributed by atoms with Crippen molar-refractivity contribution in [3.8, 4) is 0 Å². The van der Waals surface area contributed by atoms with Gasteiger partial charge in [0, 0.05) is 44.7 Å². The van der Waals surface area contributed by atoms with Crippen LogP contribution in [0.5, 0.6) is 0 Å². The number of likely N-dealkylation sites (tertiary alicyclic amines) is 1. The fraction of sp³-hybridized carbons (Fsp3) is 0.579. The zero-order valence-electron chi connectivity index (χ0n) is 14.8. The van der Waals surface area contributed by atoms with Crippen molar-refractivity contribution in [2.24, 2.45) is 11.7 Å². The molecule has 0 unspecified atom stereocenters. The van der Waals surface area contributed by atoms with Crippen LogP contribution >= 0.6 is 0 Å². The topological polar surface area (TPSA) is 66.6 Å². The molecule has 2 rings (SSSR count). The quantitative estimate of drug-likeness (QED) is 0.869. The lowest BCUT2D eigenvalue weighted by atomic mass is 9.94. The largest absolute Gasteiger partial charge is 0.346 e. The van der Waals surface area contributed by atoms with Crippen molar-refractivity contribution in [1.82, 2.24) is 9.80 Å². The maximum Gasteiger partial charge on any atom is 0.253 e. The second-order valence-corrected chi connectivity index (χ2v) is 6.58. The maximum absolute atomic E-state index is 12.6. The fourth-order valence-electron chi connectivity index (χ4n) is 3.11. The zero-order valence-corrected chi connectivity index (χ0v) is 14.8. The summed E-state index contributed by atoms with van der Waals surface area (Å²) in [7, 11) is 1.88. The number of carbonyl (C=O) groups is 2. The van der Waals surface area contributed by atoms with E-state index in [1.165, 1.54) is 0 Å². The van der Waals surface area contributed by atoms with Crippen molar-refractivity contribution in [2.75, 3.05) is 26.7 Å². The molecule has 1 saturated heterocycles. The van der Waals surface area contributed by atoms with Crippen LogP contribution in [-0.2, 0) is 11.3 Å². The highest BCUT2D eigenvalue weighted by Crippen LogP contribution is 2.21. The van der Waals surface area contributed by atoms with Gasteiger partial charge in [-0.3, -0.25) is 9.59 Å². The third-order valence-electron chi connectivity index (χ3n) is 4.79. The summed E-state index contributed by atoms with van der Waals surface area (Å²) in [6, 6.07) is 7.46. The minimum absolute atomic E-state index is 0.0452. The van der Waals surface area contributed by atoms with Gasteiger partial charge in [0.15, 0.2) is 0 Å². The van der Waals surface area contributed by atoms with Crippen LogP contribution < -0.4 is 5.73 Å². The molecule has 0 spiro atoms. The molecule has 1 aromatic rings. The Bertz CT molecular complexity index is 548. The number of amides is 2. The van der Waals surface area contributed by atoms with E-state index in [4.69, 9.17) is 5.73 Å². The Morgan fingerprint density at radius 2 is 1.83 bits per heavy atom. The first-order valence-corrected chi connectivity index (χ1v) is 8.90. The molecule has 1 aliphatic heterocycles. The van der Waals surface area contributed by atoms with Gasteiger partial charge < -0.3 is 15.5 Å². The lowest BCUT2D eigenvalue weighted by molar-refractivity contribution is -0.135. The second-order valence-electron chi connectivity index (χ2n) is 6.58. The number of rotatable bonds is 6. The van der Waals surface area contributed by atoms with Crippen LogP contribution in [0.2, 0.25) is 0 Å². The van der Waals surface area contributed by atoms with Crippen molar-refractivity contribution in [3.05, 3.63) is 35.4 Å².